The van der Waals surface area contributed by atoms with E-state index < -0.39 is 0 Å². The van der Waals surface area contributed by atoms with Gasteiger partial charge >= 0.3 is 0 Å². The van der Waals surface area contributed by atoms with Gasteiger partial charge in [0.15, 0.2) is 5.13 Å². The van der Waals surface area contributed by atoms with Crippen LogP contribution >= 0.6 is 11.3 Å². The van der Waals surface area contributed by atoms with E-state index in [4.69, 9.17) is 0 Å². The number of thiazole rings is 1. The lowest BCUT2D eigenvalue weighted by atomic mass is 9.93. The molecule has 128 valence electrons. The first-order valence-corrected chi connectivity index (χ1v) is 9.03. The molecule has 0 unspecified atom stereocenters. The van der Waals surface area contributed by atoms with Crippen LogP contribution in [0.5, 0.6) is 0 Å². The SMILES string of the molecule is Cc1nc(-c2ccccc2)ccc1C(=O)Nc1nc(C(C)(C)C)cs1. The maximum absolute atomic E-state index is 12.6. The van der Waals surface area contributed by atoms with Crippen molar-refractivity contribution in [2.45, 2.75) is 33.1 Å². The summed E-state index contributed by atoms with van der Waals surface area (Å²) in [6.07, 6.45) is 0. The molecule has 1 amide bonds. The van der Waals surface area contributed by atoms with Crippen molar-refractivity contribution in [1.29, 1.82) is 0 Å². The number of rotatable bonds is 3. The summed E-state index contributed by atoms with van der Waals surface area (Å²) < 4.78 is 0. The van der Waals surface area contributed by atoms with Crippen molar-refractivity contribution < 1.29 is 4.79 Å². The van der Waals surface area contributed by atoms with Crippen molar-refractivity contribution in [2.75, 3.05) is 5.32 Å². The molecule has 0 fully saturated rings. The molecule has 0 spiro atoms. The number of anilines is 1. The maximum Gasteiger partial charge on any atom is 0.259 e. The molecule has 0 aliphatic heterocycles. The van der Waals surface area contributed by atoms with E-state index in [1.165, 1.54) is 11.3 Å². The standard InChI is InChI=1S/C20H21N3OS/c1-13-15(10-11-16(21-13)14-8-6-5-7-9-14)18(24)23-19-22-17(12-25-19)20(2,3)4/h5-12H,1-4H3,(H,22,23,24). The number of hydrogen-bond donors (Lipinski definition) is 1. The van der Waals surface area contributed by atoms with Gasteiger partial charge in [0.1, 0.15) is 0 Å². The largest absolute Gasteiger partial charge is 0.298 e. The fourth-order valence-electron chi connectivity index (χ4n) is 2.41. The van der Waals surface area contributed by atoms with Gasteiger partial charge in [-0.2, -0.15) is 0 Å². The molecule has 25 heavy (non-hydrogen) atoms. The quantitative estimate of drug-likeness (QED) is 0.717. The average molecular weight is 351 g/mol. The summed E-state index contributed by atoms with van der Waals surface area (Å²) in [7, 11) is 0. The number of pyridine rings is 1. The predicted molar refractivity (Wildman–Crippen MR) is 103 cm³/mol. The van der Waals surface area contributed by atoms with Gasteiger partial charge in [0.05, 0.1) is 22.6 Å². The molecule has 2 aromatic heterocycles. The Morgan fingerprint density at radius 1 is 1.04 bits per heavy atom. The summed E-state index contributed by atoms with van der Waals surface area (Å²) in [5.74, 6) is -0.181. The number of hydrogen-bond acceptors (Lipinski definition) is 4. The minimum atomic E-state index is -0.181. The van der Waals surface area contributed by atoms with Gasteiger partial charge in [0.2, 0.25) is 0 Å². The highest BCUT2D eigenvalue weighted by Crippen LogP contribution is 2.27. The van der Waals surface area contributed by atoms with Crippen molar-refractivity contribution in [3.05, 3.63) is 64.8 Å². The van der Waals surface area contributed by atoms with Crippen LogP contribution in [0.25, 0.3) is 11.3 Å². The van der Waals surface area contributed by atoms with Crippen molar-refractivity contribution in [3.63, 3.8) is 0 Å². The van der Waals surface area contributed by atoms with Crippen LogP contribution in [0.2, 0.25) is 0 Å². The molecule has 3 rings (SSSR count). The first-order chi connectivity index (χ1) is 11.8. The molecule has 1 aromatic carbocycles. The van der Waals surface area contributed by atoms with Gasteiger partial charge in [0, 0.05) is 16.4 Å². The molecular formula is C20H21N3OS. The molecule has 5 heteroatoms. The summed E-state index contributed by atoms with van der Waals surface area (Å²) in [5.41, 5.74) is 4.10. The zero-order valence-electron chi connectivity index (χ0n) is 14.8. The van der Waals surface area contributed by atoms with Gasteiger partial charge < -0.3 is 0 Å². The van der Waals surface area contributed by atoms with Crippen LogP contribution in [0.1, 0.15) is 42.5 Å². The molecule has 0 bridgehead atoms. The molecule has 0 saturated carbocycles. The highest BCUT2D eigenvalue weighted by atomic mass is 32.1. The molecule has 1 N–H and O–H groups in total. The number of nitrogens with zero attached hydrogens (tertiary/aromatic N) is 2. The third kappa shape index (κ3) is 3.94. The van der Waals surface area contributed by atoms with Crippen LogP contribution < -0.4 is 5.32 Å². The van der Waals surface area contributed by atoms with Crippen molar-refractivity contribution in [3.8, 4) is 11.3 Å². The fraction of sp³-hybridized carbons (Fsp3) is 0.250. The fourth-order valence-corrected chi connectivity index (χ4v) is 3.34. The first kappa shape index (κ1) is 17.3. The summed E-state index contributed by atoms with van der Waals surface area (Å²) in [4.78, 5) is 21.6. The zero-order chi connectivity index (χ0) is 18.0. The van der Waals surface area contributed by atoms with E-state index in [-0.39, 0.29) is 11.3 Å². The van der Waals surface area contributed by atoms with E-state index in [1.807, 2.05) is 54.8 Å². The third-order valence-electron chi connectivity index (χ3n) is 3.89. The van der Waals surface area contributed by atoms with E-state index in [0.29, 0.717) is 16.4 Å². The van der Waals surface area contributed by atoms with Gasteiger partial charge in [-0.15, -0.1) is 11.3 Å². The van der Waals surface area contributed by atoms with E-state index >= 15 is 0 Å². The van der Waals surface area contributed by atoms with Crippen LogP contribution in [0.3, 0.4) is 0 Å². The van der Waals surface area contributed by atoms with Gasteiger partial charge in [-0.25, -0.2) is 4.98 Å². The first-order valence-electron chi connectivity index (χ1n) is 8.15. The molecular weight excluding hydrogens is 330 g/mol. The van der Waals surface area contributed by atoms with Crippen molar-refractivity contribution in [1.82, 2.24) is 9.97 Å². The van der Waals surface area contributed by atoms with Crippen molar-refractivity contribution >= 4 is 22.4 Å². The molecule has 0 atom stereocenters. The van der Waals surface area contributed by atoms with Crippen LogP contribution in [0, 0.1) is 6.92 Å². The Labute approximate surface area is 152 Å². The Kier molecular flexibility index (Phi) is 4.68. The second kappa shape index (κ2) is 6.76. The zero-order valence-corrected chi connectivity index (χ0v) is 15.6. The number of benzene rings is 1. The second-order valence-electron chi connectivity index (χ2n) is 6.94. The van der Waals surface area contributed by atoms with Crippen LogP contribution in [-0.4, -0.2) is 15.9 Å². The maximum atomic E-state index is 12.6. The monoisotopic (exact) mass is 351 g/mol. The van der Waals surface area contributed by atoms with Gasteiger partial charge in [-0.05, 0) is 19.1 Å². The van der Waals surface area contributed by atoms with E-state index in [9.17, 15) is 4.79 Å². The predicted octanol–water partition coefficient (Wildman–Crippen LogP) is 5.06. The van der Waals surface area contributed by atoms with Gasteiger partial charge in [-0.1, -0.05) is 51.1 Å². The Balaban J connectivity index is 1.80. The van der Waals surface area contributed by atoms with Crippen molar-refractivity contribution in [2.24, 2.45) is 0 Å². The van der Waals surface area contributed by atoms with Crippen LogP contribution in [0.15, 0.2) is 47.8 Å². The number of carbonyl (C=O) groups excluding carboxylic acids is 1. The molecule has 0 aliphatic rings. The summed E-state index contributed by atoms with van der Waals surface area (Å²) in [6, 6.07) is 13.6. The molecule has 4 nitrogen and oxygen atoms in total. The van der Waals surface area contributed by atoms with E-state index in [0.717, 1.165) is 17.0 Å². The number of nitrogens with one attached hydrogen (secondary N) is 1. The topological polar surface area (TPSA) is 54.9 Å². The Bertz CT molecular complexity index is 895. The highest BCUT2D eigenvalue weighted by Gasteiger charge is 2.19. The molecule has 0 aliphatic carbocycles. The van der Waals surface area contributed by atoms with Crippen LogP contribution in [0.4, 0.5) is 5.13 Å². The third-order valence-corrected chi connectivity index (χ3v) is 4.65. The summed E-state index contributed by atoms with van der Waals surface area (Å²) in [5, 5.41) is 5.48. The summed E-state index contributed by atoms with van der Waals surface area (Å²) in [6.45, 7) is 8.15. The molecule has 2 heterocycles. The van der Waals surface area contributed by atoms with Gasteiger partial charge in [-0.3, -0.25) is 15.1 Å². The smallest absolute Gasteiger partial charge is 0.259 e. The highest BCUT2D eigenvalue weighted by molar-refractivity contribution is 7.14. The van der Waals surface area contributed by atoms with E-state index in [1.54, 1.807) is 0 Å². The number of aromatic nitrogens is 2. The lowest BCUT2D eigenvalue weighted by Crippen LogP contribution is -2.15. The Morgan fingerprint density at radius 3 is 2.36 bits per heavy atom. The Hall–Kier alpha value is -2.53. The minimum absolute atomic E-state index is 0.0335. The number of aryl methyl sites for hydroxylation is 1. The Morgan fingerprint density at radius 2 is 1.76 bits per heavy atom. The van der Waals surface area contributed by atoms with E-state index in [2.05, 4.69) is 36.1 Å². The van der Waals surface area contributed by atoms with Crippen LogP contribution in [-0.2, 0) is 5.41 Å². The lowest BCUT2D eigenvalue weighted by Gasteiger charge is -2.14. The second-order valence-corrected chi connectivity index (χ2v) is 7.80. The molecule has 0 saturated heterocycles. The normalized spacial score (nSPS) is 11.4. The minimum Gasteiger partial charge on any atom is -0.298 e. The molecule has 3 aromatic rings. The average Bonchev–Trinajstić information content (AvgIpc) is 3.04. The summed E-state index contributed by atoms with van der Waals surface area (Å²) >= 11 is 1.44. The number of amides is 1. The molecule has 0 radical (unpaired) electrons. The number of carbonyl (C=O) groups is 1. The lowest BCUT2D eigenvalue weighted by molar-refractivity contribution is 0.102. The van der Waals surface area contributed by atoms with Gasteiger partial charge in [0.25, 0.3) is 5.91 Å².